The first-order chi connectivity index (χ1) is 17.9. The number of aromatic nitrogens is 1. The molecule has 3 aromatic rings. The van der Waals surface area contributed by atoms with Crippen molar-refractivity contribution >= 4 is 28.4 Å². The number of hydrogen-bond donors (Lipinski definition) is 0. The lowest BCUT2D eigenvalue weighted by atomic mass is 9.95. The highest BCUT2D eigenvalue weighted by Crippen LogP contribution is 2.38. The van der Waals surface area contributed by atoms with Crippen molar-refractivity contribution < 1.29 is 14.3 Å². The van der Waals surface area contributed by atoms with Gasteiger partial charge in [-0.2, -0.15) is 0 Å². The number of halogens is 1. The Bertz CT molecular complexity index is 1250. The zero-order valence-corrected chi connectivity index (χ0v) is 23.0. The van der Waals surface area contributed by atoms with Gasteiger partial charge in [0.2, 0.25) is 5.91 Å². The van der Waals surface area contributed by atoms with Crippen LogP contribution in [0.25, 0.3) is 10.9 Å². The molecule has 5 rings (SSSR count). The number of nitrogens with zero attached hydrogens (tertiary/aromatic N) is 3. The van der Waals surface area contributed by atoms with Gasteiger partial charge in [-0.3, -0.25) is 9.69 Å². The predicted molar refractivity (Wildman–Crippen MR) is 148 cm³/mol. The Labute approximate surface area is 225 Å². The third-order valence-corrected chi connectivity index (χ3v) is 7.64. The Balaban J connectivity index is 1.31. The summed E-state index contributed by atoms with van der Waals surface area (Å²) in [5.74, 6) is 1.89. The van der Waals surface area contributed by atoms with Gasteiger partial charge in [-0.1, -0.05) is 43.6 Å². The normalized spacial score (nSPS) is 18.2. The molecule has 6 nitrogen and oxygen atoms in total. The SMILES string of the molecule is CC(C)CN(Cc1cc(Cl)c2c(c1)OCCCO2)C(=O)[C@@H]1CCCN(Cc2cccc3ccn(C)c23)C1. The van der Waals surface area contributed by atoms with Gasteiger partial charge in [0.05, 0.1) is 29.7 Å². The summed E-state index contributed by atoms with van der Waals surface area (Å²) in [6.07, 6.45) is 4.91. The summed E-state index contributed by atoms with van der Waals surface area (Å²) in [6.45, 7) is 9.43. The van der Waals surface area contributed by atoms with Crippen LogP contribution in [-0.4, -0.2) is 53.1 Å². The second-order valence-electron chi connectivity index (χ2n) is 10.9. The van der Waals surface area contributed by atoms with Crippen molar-refractivity contribution in [3.05, 3.63) is 58.7 Å². The van der Waals surface area contributed by atoms with E-state index in [1.807, 2.05) is 17.0 Å². The summed E-state index contributed by atoms with van der Waals surface area (Å²) in [7, 11) is 2.10. The Morgan fingerprint density at radius 1 is 1.16 bits per heavy atom. The highest BCUT2D eigenvalue weighted by molar-refractivity contribution is 6.32. The van der Waals surface area contributed by atoms with Gasteiger partial charge in [0.1, 0.15) is 0 Å². The zero-order chi connectivity index (χ0) is 25.9. The molecule has 0 spiro atoms. The van der Waals surface area contributed by atoms with Crippen molar-refractivity contribution in [2.45, 2.75) is 46.2 Å². The van der Waals surface area contributed by atoms with Crippen LogP contribution in [0.5, 0.6) is 11.5 Å². The lowest BCUT2D eigenvalue weighted by Gasteiger charge is -2.36. The molecular formula is C30H38ClN3O3. The van der Waals surface area contributed by atoms with Crippen LogP contribution in [0.15, 0.2) is 42.6 Å². The molecule has 1 fully saturated rings. The third-order valence-electron chi connectivity index (χ3n) is 7.36. The molecule has 3 heterocycles. The van der Waals surface area contributed by atoms with Crippen LogP contribution in [0, 0.1) is 11.8 Å². The van der Waals surface area contributed by atoms with Crippen molar-refractivity contribution in [1.82, 2.24) is 14.4 Å². The highest BCUT2D eigenvalue weighted by atomic mass is 35.5. The van der Waals surface area contributed by atoms with E-state index in [4.69, 9.17) is 21.1 Å². The number of para-hydroxylation sites is 1. The Morgan fingerprint density at radius 3 is 2.84 bits per heavy atom. The van der Waals surface area contributed by atoms with Gasteiger partial charge in [-0.25, -0.2) is 0 Å². The lowest BCUT2D eigenvalue weighted by Crippen LogP contribution is -2.45. The fourth-order valence-corrected chi connectivity index (χ4v) is 6.03. The molecule has 2 aromatic carbocycles. The summed E-state index contributed by atoms with van der Waals surface area (Å²) in [5, 5.41) is 1.81. The van der Waals surface area contributed by atoms with Crippen molar-refractivity contribution in [2.24, 2.45) is 18.9 Å². The minimum atomic E-state index is -0.00371. The molecule has 0 unspecified atom stereocenters. The molecule has 1 amide bonds. The van der Waals surface area contributed by atoms with E-state index in [2.05, 4.69) is 60.8 Å². The van der Waals surface area contributed by atoms with Gasteiger partial charge in [0.15, 0.2) is 11.5 Å². The minimum absolute atomic E-state index is 0.00371. The Hall–Kier alpha value is -2.70. The van der Waals surface area contributed by atoms with Crippen LogP contribution in [-0.2, 0) is 24.9 Å². The quantitative estimate of drug-likeness (QED) is 0.387. The molecule has 0 N–H and O–H groups in total. The fourth-order valence-electron chi connectivity index (χ4n) is 5.74. The number of piperidine rings is 1. The first-order valence-corrected chi connectivity index (χ1v) is 13.9. The number of carbonyl (C=O) groups is 1. The van der Waals surface area contributed by atoms with E-state index in [1.54, 1.807) is 0 Å². The van der Waals surface area contributed by atoms with Gasteiger partial charge in [0.25, 0.3) is 0 Å². The van der Waals surface area contributed by atoms with Crippen molar-refractivity contribution in [3.8, 4) is 11.5 Å². The van der Waals surface area contributed by atoms with Crippen LogP contribution in [0.3, 0.4) is 0 Å². The number of amides is 1. The van der Waals surface area contributed by atoms with Gasteiger partial charge in [-0.15, -0.1) is 0 Å². The summed E-state index contributed by atoms with van der Waals surface area (Å²) in [5.41, 5.74) is 3.58. The predicted octanol–water partition coefficient (Wildman–Crippen LogP) is 5.89. The number of likely N-dealkylation sites (tertiary alicyclic amines) is 1. The first kappa shape index (κ1) is 25.9. The maximum atomic E-state index is 13.9. The van der Waals surface area contributed by atoms with E-state index < -0.39 is 0 Å². The van der Waals surface area contributed by atoms with E-state index in [9.17, 15) is 4.79 Å². The molecule has 7 heteroatoms. The van der Waals surface area contributed by atoms with Crippen molar-refractivity contribution in [1.29, 1.82) is 0 Å². The molecule has 2 aliphatic heterocycles. The number of ether oxygens (including phenoxy) is 2. The third kappa shape index (κ3) is 5.91. The van der Waals surface area contributed by atoms with E-state index >= 15 is 0 Å². The van der Waals surface area contributed by atoms with Crippen LogP contribution in [0.2, 0.25) is 5.02 Å². The summed E-state index contributed by atoms with van der Waals surface area (Å²) in [6, 6.07) is 12.6. The van der Waals surface area contributed by atoms with E-state index in [1.165, 1.54) is 16.5 Å². The number of rotatable bonds is 7. The monoisotopic (exact) mass is 523 g/mol. The number of fused-ring (bicyclic) bond motifs is 2. The topological polar surface area (TPSA) is 46.9 Å². The van der Waals surface area contributed by atoms with Crippen molar-refractivity contribution in [3.63, 3.8) is 0 Å². The largest absolute Gasteiger partial charge is 0.489 e. The molecule has 198 valence electrons. The van der Waals surface area contributed by atoms with Gasteiger partial charge in [-0.05, 0) is 60.0 Å². The average Bonchev–Trinajstić information content (AvgIpc) is 3.09. The second kappa shape index (κ2) is 11.4. The fraction of sp³-hybridized carbons (Fsp3) is 0.500. The van der Waals surface area contributed by atoms with Crippen LogP contribution in [0.1, 0.15) is 44.2 Å². The molecular weight excluding hydrogens is 486 g/mol. The standard InChI is InChI=1S/C30H38ClN3O3/c1-21(2)17-34(18-22-15-26(31)29-27(16-22)36-13-6-14-37-29)30(35)25-9-5-11-33(20-25)19-24-8-4-7-23-10-12-32(3)28(23)24/h4,7-8,10,12,15-16,21,25H,5-6,9,11,13-14,17-20H2,1-3H3/t25-/m1/s1. The number of aryl methyl sites for hydroxylation is 1. The lowest BCUT2D eigenvalue weighted by molar-refractivity contribution is -0.138. The van der Waals surface area contributed by atoms with Crippen molar-refractivity contribution in [2.75, 3.05) is 32.8 Å². The highest BCUT2D eigenvalue weighted by Gasteiger charge is 2.30. The van der Waals surface area contributed by atoms with Gasteiger partial charge >= 0.3 is 0 Å². The maximum Gasteiger partial charge on any atom is 0.227 e. The molecule has 0 bridgehead atoms. The maximum absolute atomic E-state index is 13.9. The molecule has 0 aliphatic carbocycles. The van der Waals surface area contributed by atoms with Gasteiger partial charge < -0.3 is 18.9 Å². The van der Waals surface area contributed by atoms with E-state index in [0.29, 0.717) is 48.7 Å². The van der Waals surface area contributed by atoms with E-state index in [0.717, 1.165) is 44.5 Å². The second-order valence-corrected chi connectivity index (χ2v) is 11.3. The molecule has 2 aliphatic rings. The summed E-state index contributed by atoms with van der Waals surface area (Å²) >= 11 is 6.56. The summed E-state index contributed by atoms with van der Waals surface area (Å²) < 4.78 is 13.9. The summed E-state index contributed by atoms with van der Waals surface area (Å²) in [4.78, 5) is 18.4. The number of benzene rings is 2. The zero-order valence-electron chi connectivity index (χ0n) is 22.2. The molecule has 0 saturated carbocycles. The molecule has 1 atom stereocenters. The molecule has 1 saturated heterocycles. The molecule has 37 heavy (non-hydrogen) atoms. The molecule has 1 aromatic heterocycles. The average molecular weight is 524 g/mol. The Morgan fingerprint density at radius 2 is 2.00 bits per heavy atom. The van der Waals surface area contributed by atoms with Crippen LogP contribution in [0.4, 0.5) is 0 Å². The molecule has 0 radical (unpaired) electrons. The first-order valence-electron chi connectivity index (χ1n) is 13.5. The van der Waals surface area contributed by atoms with Gasteiger partial charge in [0, 0.05) is 45.8 Å². The smallest absolute Gasteiger partial charge is 0.227 e. The number of carbonyl (C=O) groups excluding carboxylic acids is 1. The number of hydrogen-bond acceptors (Lipinski definition) is 4. The van der Waals surface area contributed by atoms with Crippen LogP contribution < -0.4 is 9.47 Å². The minimum Gasteiger partial charge on any atom is -0.489 e. The van der Waals surface area contributed by atoms with E-state index in [-0.39, 0.29) is 11.8 Å². The Kier molecular flexibility index (Phi) is 7.96. The van der Waals surface area contributed by atoms with Crippen LogP contribution >= 0.6 is 11.6 Å².